The van der Waals surface area contributed by atoms with Crippen molar-refractivity contribution in [3.05, 3.63) is 43.0 Å². The number of fused-ring (bicyclic) bond motifs is 1. The molecular formula is C13H12N2O2. The smallest absolute Gasteiger partial charge is 0.335 e. The number of carbonyl (C=O) groups is 1. The highest BCUT2D eigenvalue weighted by Crippen LogP contribution is 2.32. The molecule has 0 radical (unpaired) electrons. The fourth-order valence-electron chi connectivity index (χ4n) is 1.69. The molecule has 0 amide bonds. The van der Waals surface area contributed by atoms with Gasteiger partial charge in [0.2, 0.25) is 0 Å². The second kappa shape index (κ2) is 4.17. The van der Waals surface area contributed by atoms with E-state index in [-0.39, 0.29) is 0 Å². The van der Waals surface area contributed by atoms with Crippen LogP contribution in [0.4, 0.5) is 11.4 Å². The fourth-order valence-corrected chi connectivity index (χ4v) is 1.69. The molecule has 2 aromatic carbocycles. The molecule has 0 aliphatic carbocycles. The van der Waals surface area contributed by atoms with Gasteiger partial charge in [0.1, 0.15) is 5.75 Å². The Bertz CT molecular complexity index is 606. The molecule has 0 fully saturated rings. The number of hydrogen-bond acceptors (Lipinski definition) is 4. The Morgan fingerprint density at radius 1 is 1.29 bits per heavy atom. The summed E-state index contributed by atoms with van der Waals surface area (Å²) in [6, 6.07) is 8.71. The maximum atomic E-state index is 11.2. The fraction of sp³-hybridized carbons (Fsp3) is 0. The standard InChI is InChI=1S/C13H12N2O2/c1-2-12(16)17-11-5-3-4-8-6-9(14)7-10(15)13(8)11/h2-7H,1,14-15H2. The number of esters is 1. The summed E-state index contributed by atoms with van der Waals surface area (Å²) in [7, 11) is 0. The van der Waals surface area contributed by atoms with Crippen molar-refractivity contribution in [1.29, 1.82) is 0 Å². The summed E-state index contributed by atoms with van der Waals surface area (Å²) in [5.74, 6) is -0.112. The number of benzene rings is 2. The SMILES string of the molecule is C=CC(=O)Oc1cccc2cc(N)cc(N)c12. The van der Waals surface area contributed by atoms with Crippen LogP contribution in [0.25, 0.3) is 10.8 Å². The van der Waals surface area contributed by atoms with Crippen LogP contribution in [0.15, 0.2) is 43.0 Å². The van der Waals surface area contributed by atoms with Crippen molar-refractivity contribution in [1.82, 2.24) is 0 Å². The lowest BCUT2D eigenvalue weighted by atomic mass is 10.1. The Hall–Kier alpha value is -2.49. The summed E-state index contributed by atoms with van der Waals surface area (Å²) in [5, 5.41) is 1.51. The van der Waals surface area contributed by atoms with Gasteiger partial charge in [0.15, 0.2) is 0 Å². The van der Waals surface area contributed by atoms with Crippen LogP contribution in [-0.4, -0.2) is 5.97 Å². The topological polar surface area (TPSA) is 78.3 Å². The van der Waals surface area contributed by atoms with E-state index in [1.807, 2.05) is 6.07 Å². The summed E-state index contributed by atoms with van der Waals surface area (Å²) in [4.78, 5) is 11.2. The Morgan fingerprint density at radius 3 is 2.76 bits per heavy atom. The first-order valence-electron chi connectivity index (χ1n) is 5.04. The van der Waals surface area contributed by atoms with Crippen LogP contribution in [0.5, 0.6) is 5.75 Å². The van der Waals surface area contributed by atoms with E-state index in [2.05, 4.69) is 6.58 Å². The highest BCUT2D eigenvalue weighted by Gasteiger charge is 2.08. The van der Waals surface area contributed by atoms with Crippen molar-refractivity contribution in [3.63, 3.8) is 0 Å². The van der Waals surface area contributed by atoms with Gasteiger partial charge in [0.05, 0.1) is 0 Å². The average molecular weight is 228 g/mol. The van der Waals surface area contributed by atoms with Crippen LogP contribution in [-0.2, 0) is 4.79 Å². The van der Waals surface area contributed by atoms with Crippen LogP contribution in [0.1, 0.15) is 0 Å². The maximum Gasteiger partial charge on any atom is 0.335 e. The first-order valence-corrected chi connectivity index (χ1v) is 5.04. The van der Waals surface area contributed by atoms with Crippen molar-refractivity contribution >= 4 is 28.1 Å². The zero-order chi connectivity index (χ0) is 12.4. The van der Waals surface area contributed by atoms with E-state index in [1.165, 1.54) is 0 Å². The number of nitrogen functional groups attached to an aromatic ring is 2. The molecule has 0 bridgehead atoms. The monoisotopic (exact) mass is 228 g/mol. The Balaban J connectivity index is 2.64. The first-order chi connectivity index (χ1) is 8.11. The van der Waals surface area contributed by atoms with Gasteiger partial charge in [-0.3, -0.25) is 0 Å². The average Bonchev–Trinajstić information content (AvgIpc) is 2.28. The lowest BCUT2D eigenvalue weighted by Crippen LogP contribution is -2.04. The molecule has 0 aliphatic rings. The van der Waals surface area contributed by atoms with Crippen LogP contribution in [0.3, 0.4) is 0 Å². The van der Waals surface area contributed by atoms with E-state index < -0.39 is 5.97 Å². The quantitative estimate of drug-likeness (QED) is 0.357. The van der Waals surface area contributed by atoms with Crippen molar-refractivity contribution in [2.24, 2.45) is 0 Å². The summed E-state index contributed by atoms with van der Waals surface area (Å²) in [6.07, 6.45) is 1.10. The molecule has 86 valence electrons. The van der Waals surface area contributed by atoms with Crippen molar-refractivity contribution in [2.75, 3.05) is 11.5 Å². The normalized spacial score (nSPS) is 10.1. The molecule has 0 aromatic heterocycles. The first kappa shape index (κ1) is 11.0. The predicted molar refractivity (Wildman–Crippen MR) is 68.6 cm³/mol. The third-order valence-electron chi connectivity index (χ3n) is 2.37. The number of rotatable bonds is 2. The lowest BCUT2D eigenvalue weighted by Gasteiger charge is -2.09. The zero-order valence-corrected chi connectivity index (χ0v) is 9.14. The van der Waals surface area contributed by atoms with Crippen molar-refractivity contribution in [3.8, 4) is 5.75 Å². The van der Waals surface area contributed by atoms with Crippen LogP contribution in [0.2, 0.25) is 0 Å². The molecule has 0 unspecified atom stereocenters. The third-order valence-corrected chi connectivity index (χ3v) is 2.37. The molecule has 2 rings (SSSR count). The molecule has 0 spiro atoms. The number of carbonyl (C=O) groups excluding carboxylic acids is 1. The molecule has 17 heavy (non-hydrogen) atoms. The minimum atomic E-state index is -0.520. The Labute approximate surface area is 98.5 Å². The highest BCUT2D eigenvalue weighted by atomic mass is 16.5. The summed E-state index contributed by atoms with van der Waals surface area (Å²) in [6.45, 7) is 3.35. The molecule has 4 heteroatoms. The third kappa shape index (κ3) is 2.06. The van der Waals surface area contributed by atoms with Gasteiger partial charge < -0.3 is 16.2 Å². The van der Waals surface area contributed by atoms with Gasteiger partial charge in [-0.25, -0.2) is 4.79 Å². The maximum absolute atomic E-state index is 11.2. The Morgan fingerprint density at radius 2 is 2.06 bits per heavy atom. The molecule has 4 N–H and O–H groups in total. The summed E-state index contributed by atoms with van der Waals surface area (Å²) >= 11 is 0. The van der Waals surface area contributed by atoms with E-state index >= 15 is 0 Å². The molecule has 0 aliphatic heterocycles. The minimum Gasteiger partial charge on any atom is -0.423 e. The van der Waals surface area contributed by atoms with Gasteiger partial charge in [0.25, 0.3) is 0 Å². The van der Waals surface area contributed by atoms with E-state index in [4.69, 9.17) is 16.2 Å². The van der Waals surface area contributed by atoms with Gasteiger partial charge in [-0.2, -0.15) is 0 Å². The van der Waals surface area contributed by atoms with Crippen molar-refractivity contribution < 1.29 is 9.53 Å². The van der Waals surface area contributed by atoms with Crippen LogP contribution >= 0.6 is 0 Å². The van der Waals surface area contributed by atoms with Gasteiger partial charge in [0, 0.05) is 22.8 Å². The molecule has 0 saturated heterocycles. The lowest BCUT2D eigenvalue weighted by molar-refractivity contribution is -0.128. The van der Waals surface area contributed by atoms with Gasteiger partial charge in [-0.05, 0) is 23.6 Å². The van der Waals surface area contributed by atoms with Gasteiger partial charge in [-0.15, -0.1) is 0 Å². The van der Waals surface area contributed by atoms with Crippen LogP contribution < -0.4 is 16.2 Å². The van der Waals surface area contributed by atoms with E-state index in [1.54, 1.807) is 24.3 Å². The number of hydrogen-bond donors (Lipinski definition) is 2. The predicted octanol–water partition coefficient (Wildman–Crippen LogP) is 2.10. The largest absolute Gasteiger partial charge is 0.423 e. The Kier molecular flexibility index (Phi) is 2.70. The number of nitrogens with two attached hydrogens (primary N) is 2. The number of anilines is 2. The summed E-state index contributed by atoms with van der Waals surface area (Å²) in [5.41, 5.74) is 12.6. The van der Waals surface area contributed by atoms with Gasteiger partial charge in [-0.1, -0.05) is 18.7 Å². The molecule has 4 nitrogen and oxygen atoms in total. The summed E-state index contributed by atoms with van der Waals surface area (Å²) < 4.78 is 5.12. The molecule has 0 saturated carbocycles. The van der Waals surface area contributed by atoms with E-state index in [9.17, 15) is 4.79 Å². The molecular weight excluding hydrogens is 216 g/mol. The van der Waals surface area contributed by atoms with Crippen LogP contribution in [0, 0.1) is 0 Å². The molecule has 0 atom stereocenters. The molecule has 2 aromatic rings. The molecule has 0 heterocycles. The van der Waals surface area contributed by atoms with E-state index in [0.29, 0.717) is 22.5 Å². The van der Waals surface area contributed by atoms with E-state index in [0.717, 1.165) is 11.5 Å². The second-order valence-corrected chi connectivity index (χ2v) is 3.59. The van der Waals surface area contributed by atoms with Crippen molar-refractivity contribution in [2.45, 2.75) is 0 Å². The highest BCUT2D eigenvalue weighted by molar-refractivity contribution is 6.01. The number of ether oxygens (including phenoxy) is 1. The zero-order valence-electron chi connectivity index (χ0n) is 9.14. The van der Waals surface area contributed by atoms with Gasteiger partial charge >= 0.3 is 5.97 Å². The minimum absolute atomic E-state index is 0.407. The second-order valence-electron chi connectivity index (χ2n) is 3.59.